The van der Waals surface area contributed by atoms with Crippen LogP contribution in [-0.2, 0) is 0 Å². The predicted octanol–water partition coefficient (Wildman–Crippen LogP) is 4.30. The van der Waals surface area contributed by atoms with Crippen molar-refractivity contribution >= 4 is 11.3 Å². The van der Waals surface area contributed by atoms with E-state index in [9.17, 15) is 0 Å². The summed E-state index contributed by atoms with van der Waals surface area (Å²) in [5.41, 5.74) is 0. The van der Waals surface area contributed by atoms with Gasteiger partial charge in [-0.05, 0) is 24.3 Å². The van der Waals surface area contributed by atoms with Crippen molar-refractivity contribution in [3.8, 4) is 11.5 Å². The molecule has 0 aliphatic heterocycles. The molecule has 0 aliphatic carbocycles. The predicted molar refractivity (Wildman–Crippen MR) is 79.0 cm³/mol. The van der Waals surface area contributed by atoms with Crippen LogP contribution in [0.15, 0.2) is 72.2 Å². The van der Waals surface area contributed by atoms with E-state index in [1.807, 2.05) is 66.0 Å². The fourth-order valence-corrected chi connectivity index (χ4v) is 2.31. The Labute approximate surface area is 121 Å². The Balaban J connectivity index is 1.81. The van der Waals surface area contributed by atoms with Crippen molar-refractivity contribution in [2.75, 3.05) is 0 Å². The monoisotopic (exact) mass is 283 g/mol. The third kappa shape index (κ3) is 3.16. The van der Waals surface area contributed by atoms with Crippen molar-refractivity contribution in [1.29, 1.82) is 0 Å². The summed E-state index contributed by atoms with van der Waals surface area (Å²) in [6.45, 7) is 0. The first kappa shape index (κ1) is 12.7. The molecule has 4 heteroatoms. The highest BCUT2D eigenvalue weighted by molar-refractivity contribution is 7.09. The standard InChI is InChI=1S/C16H13NO2S/c1-3-7-13(8-4-1)18-16(15-17-11-12-20-15)19-14-9-5-2-6-10-14/h1-12,16H. The number of thiazole rings is 1. The molecule has 0 spiro atoms. The van der Waals surface area contributed by atoms with E-state index >= 15 is 0 Å². The van der Waals surface area contributed by atoms with Gasteiger partial charge in [-0.1, -0.05) is 36.4 Å². The number of benzene rings is 2. The van der Waals surface area contributed by atoms with Crippen LogP contribution >= 0.6 is 11.3 Å². The molecule has 0 bridgehead atoms. The van der Waals surface area contributed by atoms with Gasteiger partial charge in [-0.3, -0.25) is 0 Å². The maximum absolute atomic E-state index is 5.89. The van der Waals surface area contributed by atoms with Gasteiger partial charge >= 0.3 is 0 Å². The zero-order valence-electron chi connectivity index (χ0n) is 10.7. The summed E-state index contributed by atoms with van der Waals surface area (Å²) in [4.78, 5) is 4.28. The van der Waals surface area contributed by atoms with Gasteiger partial charge in [0.1, 0.15) is 11.5 Å². The van der Waals surface area contributed by atoms with E-state index in [0.717, 1.165) is 16.5 Å². The van der Waals surface area contributed by atoms with Gasteiger partial charge in [0.2, 0.25) is 0 Å². The van der Waals surface area contributed by atoms with Gasteiger partial charge in [0.05, 0.1) is 0 Å². The van der Waals surface area contributed by atoms with Crippen LogP contribution in [0.25, 0.3) is 0 Å². The van der Waals surface area contributed by atoms with Crippen LogP contribution in [0.5, 0.6) is 11.5 Å². The van der Waals surface area contributed by atoms with Gasteiger partial charge < -0.3 is 9.47 Å². The van der Waals surface area contributed by atoms with Crippen molar-refractivity contribution < 1.29 is 9.47 Å². The molecule has 3 rings (SSSR count). The third-order valence-corrected chi connectivity index (χ3v) is 3.42. The van der Waals surface area contributed by atoms with Crippen LogP contribution in [0.1, 0.15) is 11.3 Å². The molecule has 3 aromatic rings. The minimum Gasteiger partial charge on any atom is -0.448 e. The Hall–Kier alpha value is -2.33. The molecule has 0 unspecified atom stereocenters. The fourth-order valence-electron chi connectivity index (χ4n) is 1.72. The van der Waals surface area contributed by atoms with Gasteiger partial charge in [0, 0.05) is 11.6 Å². The molecule has 1 aromatic heterocycles. The summed E-state index contributed by atoms with van der Waals surface area (Å²) in [6, 6.07) is 19.2. The van der Waals surface area contributed by atoms with Crippen LogP contribution in [0.2, 0.25) is 0 Å². The lowest BCUT2D eigenvalue weighted by Crippen LogP contribution is -2.14. The van der Waals surface area contributed by atoms with Gasteiger partial charge in [-0.15, -0.1) is 11.3 Å². The molecular formula is C16H13NO2S. The van der Waals surface area contributed by atoms with Crippen LogP contribution in [0.4, 0.5) is 0 Å². The molecule has 3 nitrogen and oxygen atoms in total. The van der Waals surface area contributed by atoms with Gasteiger partial charge in [0.25, 0.3) is 6.29 Å². The molecule has 1 heterocycles. The molecule has 0 saturated carbocycles. The lowest BCUT2D eigenvalue weighted by atomic mass is 10.3. The number of hydrogen-bond donors (Lipinski definition) is 0. The first-order valence-electron chi connectivity index (χ1n) is 6.24. The highest BCUT2D eigenvalue weighted by atomic mass is 32.1. The molecule has 0 radical (unpaired) electrons. The quantitative estimate of drug-likeness (QED) is 0.654. The minimum absolute atomic E-state index is 0.542. The summed E-state index contributed by atoms with van der Waals surface area (Å²) in [6.07, 6.45) is 1.20. The fraction of sp³-hybridized carbons (Fsp3) is 0.0625. The maximum atomic E-state index is 5.89. The van der Waals surface area contributed by atoms with E-state index in [4.69, 9.17) is 9.47 Å². The largest absolute Gasteiger partial charge is 0.448 e. The first-order chi connectivity index (χ1) is 9.92. The van der Waals surface area contributed by atoms with Crippen LogP contribution in [0.3, 0.4) is 0 Å². The van der Waals surface area contributed by atoms with E-state index in [1.165, 1.54) is 11.3 Å². The molecule has 0 amide bonds. The second-order valence-corrected chi connectivity index (χ2v) is 4.99. The van der Waals surface area contributed by atoms with Crippen molar-refractivity contribution in [2.24, 2.45) is 0 Å². The third-order valence-electron chi connectivity index (χ3n) is 2.63. The highest BCUT2D eigenvalue weighted by Gasteiger charge is 2.18. The minimum atomic E-state index is -0.542. The molecule has 20 heavy (non-hydrogen) atoms. The highest BCUT2D eigenvalue weighted by Crippen LogP contribution is 2.26. The second-order valence-electron chi connectivity index (χ2n) is 4.06. The zero-order chi connectivity index (χ0) is 13.6. The molecule has 2 aromatic carbocycles. The Bertz CT molecular complexity index is 585. The van der Waals surface area contributed by atoms with Gasteiger partial charge in [0.15, 0.2) is 5.01 Å². The summed E-state index contributed by atoms with van der Waals surface area (Å²) < 4.78 is 11.8. The Morgan fingerprint density at radius 2 is 1.35 bits per heavy atom. The topological polar surface area (TPSA) is 31.4 Å². The molecule has 0 atom stereocenters. The number of para-hydroxylation sites is 2. The molecule has 0 N–H and O–H groups in total. The summed E-state index contributed by atoms with van der Waals surface area (Å²) in [7, 11) is 0. The van der Waals surface area contributed by atoms with E-state index in [-0.39, 0.29) is 0 Å². The van der Waals surface area contributed by atoms with E-state index in [1.54, 1.807) is 6.20 Å². The van der Waals surface area contributed by atoms with Crippen LogP contribution in [0, 0.1) is 0 Å². The summed E-state index contributed by atoms with van der Waals surface area (Å²) in [5.74, 6) is 1.51. The van der Waals surface area contributed by atoms with Crippen molar-refractivity contribution in [3.63, 3.8) is 0 Å². The van der Waals surface area contributed by atoms with Gasteiger partial charge in [-0.2, -0.15) is 0 Å². The van der Waals surface area contributed by atoms with Crippen molar-refractivity contribution in [3.05, 3.63) is 77.2 Å². The Morgan fingerprint density at radius 1 is 0.800 bits per heavy atom. The smallest absolute Gasteiger partial charge is 0.293 e. The van der Waals surface area contributed by atoms with E-state index in [0.29, 0.717) is 0 Å². The average molecular weight is 283 g/mol. The van der Waals surface area contributed by atoms with Crippen LogP contribution < -0.4 is 9.47 Å². The molecule has 0 aliphatic rings. The molecular weight excluding hydrogens is 270 g/mol. The normalized spacial score (nSPS) is 10.4. The molecule has 100 valence electrons. The van der Waals surface area contributed by atoms with Crippen molar-refractivity contribution in [2.45, 2.75) is 6.29 Å². The van der Waals surface area contributed by atoms with Crippen LogP contribution in [-0.4, -0.2) is 4.98 Å². The first-order valence-corrected chi connectivity index (χ1v) is 7.12. The lowest BCUT2D eigenvalue weighted by molar-refractivity contribution is 0.00366. The summed E-state index contributed by atoms with van der Waals surface area (Å²) in [5, 5.41) is 2.70. The lowest BCUT2D eigenvalue weighted by Gasteiger charge is -2.18. The number of nitrogens with zero attached hydrogens (tertiary/aromatic N) is 1. The maximum Gasteiger partial charge on any atom is 0.293 e. The summed E-state index contributed by atoms with van der Waals surface area (Å²) >= 11 is 1.51. The molecule has 0 fully saturated rings. The molecule has 0 saturated heterocycles. The van der Waals surface area contributed by atoms with Crippen molar-refractivity contribution in [1.82, 2.24) is 4.98 Å². The zero-order valence-corrected chi connectivity index (χ0v) is 11.5. The Kier molecular flexibility index (Phi) is 3.94. The van der Waals surface area contributed by atoms with E-state index < -0.39 is 6.29 Å². The van der Waals surface area contributed by atoms with E-state index in [2.05, 4.69) is 4.98 Å². The SMILES string of the molecule is c1ccc(OC(Oc2ccccc2)c2nccs2)cc1. The Morgan fingerprint density at radius 3 is 1.80 bits per heavy atom. The van der Waals surface area contributed by atoms with Gasteiger partial charge in [-0.25, -0.2) is 4.98 Å². The second kappa shape index (κ2) is 6.21. The number of hydrogen-bond acceptors (Lipinski definition) is 4. The average Bonchev–Trinajstić information content (AvgIpc) is 3.03. The number of aromatic nitrogens is 1. The number of ether oxygens (including phenoxy) is 2. The number of rotatable bonds is 5.